The first-order chi connectivity index (χ1) is 18.6. The molecule has 0 aromatic heterocycles. The Morgan fingerprint density at radius 1 is 0.711 bits per heavy atom. The van der Waals surface area contributed by atoms with Gasteiger partial charge in [0.2, 0.25) is 5.91 Å². The maximum Gasteiger partial charge on any atom is 0.240 e. The van der Waals surface area contributed by atoms with Crippen LogP contribution >= 0.6 is 0 Å². The molecule has 4 rings (SSSR count). The van der Waals surface area contributed by atoms with Crippen LogP contribution in [-0.4, -0.2) is 50.3 Å². The molecule has 5 atom stereocenters. The Bertz CT molecular complexity index is 1080. The number of methoxy groups -OCH3 is 1. The van der Waals surface area contributed by atoms with Crippen LogP contribution in [-0.2, 0) is 53.1 Å². The second-order valence-corrected chi connectivity index (χ2v) is 9.03. The fourth-order valence-corrected chi connectivity index (χ4v) is 4.30. The lowest BCUT2D eigenvalue weighted by atomic mass is 9.98. The topological polar surface area (TPSA) is 84.5 Å². The normalized spacial score (nSPS) is 23.2. The largest absolute Gasteiger partial charge is 0.368 e. The molecule has 0 saturated carbocycles. The minimum absolute atomic E-state index is 0.0372. The Kier molecular flexibility index (Phi) is 10.8. The lowest BCUT2D eigenvalue weighted by Crippen LogP contribution is -2.61. The summed E-state index contributed by atoms with van der Waals surface area (Å²) in [6.07, 6.45) is -3.09. The molecule has 1 amide bonds. The predicted octanol–water partition coefficient (Wildman–Crippen LogP) is 4.18. The molecule has 1 N–H and O–H groups in total. The van der Waals surface area contributed by atoms with Crippen molar-refractivity contribution in [3.8, 4) is 0 Å². The maximum absolute atomic E-state index is 11.4. The summed E-state index contributed by atoms with van der Waals surface area (Å²) >= 11 is 0. The minimum atomic E-state index is -0.748. The van der Waals surface area contributed by atoms with Gasteiger partial charge in [0.05, 0.1) is 19.8 Å². The van der Waals surface area contributed by atoms with E-state index in [0.717, 1.165) is 16.7 Å². The molecule has 0 unspecified atom stereocenters. The summed E-state index contributed by atoms with van der Waals surface area (Å²) in [6.45, 7) is 2.44. The first-order valence-electron chi connectivity index (χ1n) is 12.7. The number of hydrogen-bond acceptors (Lipinski definition) is 7. The zero-order valence-electron chi connectivity index (χ0n) is 21.7. The molecule has 202 valence electrons. The van der Waals surface area contributed by atoms with Gasteiger partial charge < -0.3 is 23.7 Å². The number of carbonyl (C=O) groups is 1. The van der Waals surface area contributed by atoms with Gasteiger partial charge in [-0.3, -0.25) is 9.63 Å². The SMILES string of the molecule is CO[C@H]1O[C@H](CONC(C)=O)[C@H](OCc2ccccc2)[C@H](OCc2ccccc2)[C@H]1OCc1ccccc1. The number of nitrogens with one attached hydrogen (secondary N) is 1. The van der Waals surface area contributed by atoms with Gasteiger partial charge >= 0.3 is 0 Å². The molecule has 8 nitrogen and oxygen atoms in total. The summed E-state index contributed by atoms with van der Waals surface area (Å²) in [7, 11) is 1.56. The van der Waals surface area contributed by atoms with Gasteiger partial charge in [0, 0.05) is 14.0 Å². The Labute approximate surface area is 223 Å². The zero-order valence-corrected chi connectivity index (χ0v) is 21.7. The van der Waals surface area contributed by atoms with Crippen molar-refractivity contribution >= 4 is 5.91 Å². The van der Waals surface area contributed by atoms with E-state index in [4.69, 9.17) is 28.5 Å². The molecule has 3 aromatic rings. The van der Waals surface area contributed by atoms with E-state index in [0.29, 0.717) is 19.8 Å². The molecule has 3 aromatic carbocycles. The van der Waals surface area contributed by atoms with Crippen molar-refractivity contribution in [3.63, 3.8) is 0 Å². The third-order valence-electron chi connectivity index (χ3n) is 6.14. The fourth-order valence-electron chi connectivity index (χ4n) is 4.30. The highest BCUT2D eigenvalue weighted by Gasteiger charge is 2.49. The van der Waals surface area contributed by atoms with Crippen LogP contribution in [0.1, 0.15) is 23.6 Å². The van der Waals surface area contributed by atoms with Crippen molar-refractivity contribution in [3.05, 3.63) is 108 Å². The van der Waals surface area contributed by atoms with E-state index in [2.05, 4.69) is 5.48 Å². The molecule has 1 fully saturated rings. The van der Waals surface area contributed by atoms with Crippen LogP contribution in [0.3, 0.4) is 0 Å². The predicted molar refractivity (Wildman–Crippen MR) is 140 cm³/mol. The average Bonchev–Trinajstić information content (AvgIpc) is 2.95. The van der Waals surface area contributed by atoms with Gasteiger partial charge in [-0.1, -0.05) is 91.0 Å². The summed E-state index contributed by atoms with van der Waals surface area (Å²) in [6, 6.07) is 29.7. The van der Waals surface area contributed by atoms with E-state index in [1.165, 1.54) is 6.92 Å². The number of rotatable bonds is 13. The van der Waals surface area contributed by atoms with Gasteiger partial charge in [-0.2, -0.15) is 0 Å². The van der Waals surface area contributed by atoms with Crippen molar-refractivity contribution in [1.82, 2.24) is 5.48 Å². The Hall–Kier alpha value is -3.11. The second-order valence-electron chi connectivity index (χ2n) is 9.03. The molecule has 0 bridgehead atoms. The van der Waals surface area contributed by atoms with Crippen molar-refractivity contribution in [2.45, 2.75) is 57.5 Å². The number of benzene rings is 3. The number of hydrogen-bond donors (Lipinski definition) is 1. The van der Waals surface area contributed by atoms with Crippen LogP contribution < -0.4 is 5.48 Å². The van der Waals surface area contributed by atoms with E-state index in [1.807, 2.05) is 91.0 Å². The first-order valence-corrected chi connectivity index (χ1v) is 12.7. The van der Waals surface area contributed by atoms with E-state index in [-0.39, 0.29) is 12.5 Å². The van der Waals surface area contributed by atoms with E-state index >= 15 is 0 Å². The quantitative estimate of drug-likeness (QED) is 0.338. The molecule has 38 heavy (non-hydrogen) atoms. The number of hydroxylamine groups is 1. The highest BCUT2D eigenvalue weighted by Crippen LogP contribution is 2.31. The summed E-state index contributed by atoms with van der Waals surface area (Å²) in [5.74, 6) is -0.313. The molecule has 0 radical (unpaired) electrons. The van der Waals surface area contributed by atoms with Gasteiger partial charge in [-0.05, 0) is 16.7 Å². The molecule has 8 heteroatoms. The molecule has 1 aliphatic heterocycles. The molecule has 0 aliphatic carbocycles. The Balaban J connectivity index is 1.59. The molecular formula is C30H35NO7. The highest BCUT2D eigenvalue weighted by molar-refractivity contribution is 5.71. The highest BCUT2D eigenvalue weighted by atomic mass is 16.7. The molecular weight excluding hydrogens is 486 g/mol. The van der Waals surface area contributed by atoms with Crippen molar-refractivity contribution in [2.75, 3.05) is 13.7 Å². The lowest BCUT2D eigenvalue weighted by molar-refractivity contribution is -0.324. The third-order valence-corrected chi connectivity index (χ3v) is 6.14. The average molecular weight is 522 g/mol. The fraction of sp³-hybridized carbons (Fsp3) is 0.367. The standard InChI is InChI=1S/C30H35NO7/c1-22(32)31-37-21-26-27(34-18-23-12-6-3-7-13-23)28(35-19-24-14-8-4-9-15-24)29(30(33-2)38-26)36-20-25-16-10-5-11-17-25/h3-17,26-30H,18-21H2,1-2H3,(H,31,32)/t26-,27+,28+,29-,30+/m1/s1. The van der Waals surface area contributed by atoms with Crippen molar-refractivity contribution in [2.24, 2.45) is 0 Å². The van der Waals surface area contributed by atoms with Crippen LogP contribution in [0, 0.1) is 0 Å². The van der Waals surface area contributed by atoms with Gasteiger partial charge in [-0.25, -0.2) is 5.48 Å². The van der Waals surface area contributed by atoms with Crippen LogP contribution in [0.25, 0.3) is 0 Å². The van der Waals surface area contributed by atoms with Gasteiger partial charge in [0.15, 0.2) is 6.29 Å². The van der Waals surface area contributed by atoms with Gasteiger partial charge in [0.1, 0.15) is 31.0 Å². The summed E-state index contributed by atoms with van der Waals surface area (Å²) in [4.78, 5) is 16.8. The molecule has 0 spiro atoms. The van der Waals surface area contributed by atoms with Gasteiger partial charge in [0.25, 0.3) is 0 Å². The van der Waals surface area contributed by atoms with Crippen LogP contribution in [0.2, 0.25) is 0 Å². The molecule has 1 heterocycles. The van der Waals surface area contributed by atoms with E-state index in [9.17, 15) is 4.79 Å². The second kappa shape index (κ2) is 14.7. The number of carbonyl (C=O) groups excluding carboxylic acids is 1. The van der Waals surface area contributed by atoms with Crippen LogP contribution in [0.4, 0.5) is 0 Å². The summed E-state index contributed by atoms with van der Waals surface area (Å²) in [5, 5.41) is 0. The lowest BCUT2D eigenvalue weighted by Gasteiger charge is -2.45. The minimum Gasteiger partial charge on any atom is -0.368 e. The van der Waals surface area contributed by atoms with Crippen molar-refractivity contribution in [1.29, 1.82) is 0 Å². The Morgan fingerprint density at radius 3 is 1.61 bits per heavy atom. The van der Waals surface area contributed by atoms with Crippen molar-refractivity contribution < 1.29 is 33.3 Å². The summed E-state index contributed by atoms with van der Waals surface area (Å²) in [5.41, 5.74) is 5.40. The first kappa shape index (κ1) is 27.9. The van der Waals surface area contributed by atoms with E-state index < -0.39 is 30.7 Å². The maximum atomic E-state index is 11.4. The zero-order chi connectivity index (χ0) is 26.6. The number of amides is 1. The third kappa shape index (κ3) is 8.19. The number of ether oxygens (including phenoxy) is 5. The Morgan fingerprint density at radius 2 is 1.16 bits per heavy atom. The molecule has 1 aliphatic rings. The van der Waals surface area contributed by atoms with Crippen LogP contribution in [0.5, 0.6) is 0 Å². The van der Waals surface area contributed by atoms with E-state index in [1.54, 1.807) is 7.11 Å². The summed E-state index contributed by atoms with van der Waals surface area (Å²) < 4.78 is 31.3. The molecule has 1 saturated heterocycles. The van der Waals surface area contributed by atoms with Crippen LogP contribution in [0.15, 0.2) is 91.0 Å². The monoisotopic (exact) mass is 521 g/mol. The smallest absolute Gasteiger partial charge is 0.240 e. The van der Waals surface area contributed by atoms with Gasteiger partial charge in [-0.15, -0.1) is 0 Å².